The molecule has 20 heavy (non-hydrogen) atoms. The largest absolute Gasteiger partial charge is 0.371 e. The van der Waals surface area contributed by atoms with Gasteiger partial charge in [0.25, 0.3) is 0 Å². The van der Waals surface area contributed by atoms with Crippen LogP contribution < -0.4 is 10.6 Å². The maximum atomic E-state index is 11.6. The Labute approximate surface area is 119 Å². The highest BCUT2D eigenvalue weighted by Crippen LogP contribution is 2.15. The Kier molecular flexibility index (Phi) is 7.06. The molecule has 5 heteroatoms. The third-order valence-corrected chi connectivity index (χ3v) is 2.45. The van der Waals surface area contributed by atoms with Crippen LogP contribution in [0.5, 0.6) is 0 Å². The average molecular weight is 276 g/mol. The molecule has 0 radical (unpaired) electrons. The maximum absolute atomic E-state index is 11.6. The highest BCUT2D eigenvalue weighted by Gasteiger charge is 2.04. The second-order valence-electron chi connectivity index (χ2n) is 4.16. The van der Waals surface area contributed by atoms with Crippen molar-refractivity contribution in [2.24, 2.45) is 0 Å². The van der Waals surface area contributed by atoms with E-state index in [1.807, 2.05) is 0 Å². The summed E-state index contributed by atoms with van der Waals surface area (Å²) in [6.07, 6.45) is 2.86. The van der Waals surface area contributed by atoms with Gasteiger partial charge in [-0.2, -0.15) is 0 Å². The van der Waals surface area contributed by atoms with Gasteiger partial charge in [0.05, 0.1) is 6.61 Å². The first-order valence-electron chi connectivity index (χ1n) is 6.54. The van der Waals surface area contributed by atoms with Crippen LogP contribution in [0.25, 0.3) is 0 Å². The molecule has 0 aromatic heterocycles. The van der Waals surface area contributed by atoms with E-state index in [0.717, 1.165) is 0 Å². The van der Waals surface area contributed by atoms with Gasteiger partial charge in [0.2, 0.25) is 11.8 Å². The van der Waals surface area contributed by atoms with Gasteiger partial charge in [-0.3, -0.25) is 9.59 Å². The van der Waals surface area contributed by atoms with E-state index in [0.29, 0.717) is 30.8 Å². The van der Waals surface area contributed by atoms with Crippen LogP contribution in [0.2, 0.25) is 0 Å². The molecule has 0 bridgehead atoms. The number of ether oxygens (including phenoxy) is 1. The molecule has 2 amide bonds. The summed E-state index contributed by atoms with van der Waals surface area (Å²) in [5.74, 6) is -0.297. The van der Waals surface area contributed by atoms with E-state index in [4.69, 9.17) is 4.74 Å². The molecular formula is C15H20N2O3. The van der Waals surface area contributed by atoms with Crippen LogP contribution in [0.1, 0.15) is 19.8 Å². The van der Waals surface area contributed by atoms with Crippen LogP contribution in [0.4, 0.5) is 11.4 Å². The topological polar surface area (TPSA) is 67.4 Å². The Balaban J connectivity index is 2.46. The number of carbonyl (C=O) groups excluding carboxylic acids is 2. The molecule has 2 N–H and O–H groups in total. The minimum atomic E-state index is -0.229. The summed E-state index contributed by atoms with van der Waals surface area (Å²) in [4.78, 5) is 22.9. The zero-order valence-corrected chi connectivity index (χ0v) is 11.6. The van der Waals surface area contributed by atoms with Crippen molar-refractivity contribution in [2.75, 3.05) is 23.8 Å². The lowest BCUT2D eigenvalue weighted by atomic mass is 10.2. The number of carbonyl (C=O) groups is 2. The van der Waals surface area contributed by atoms with Gasteiger partial charge in [-0.15, -0.1) is 6.58 Å². The summed E-state index contributed by atoms with van der Waals surface area (Å²) >= 11 is 0. The molecule has 1 aromatic carbocycles. The summed E-state index contributed by atoms with van der Waals surface area (Å²) in [6.45, 7) is 5.82. The second kappa shape index (κ2) is 8.87. The van der Waals surface area contributed by atoms with Crippen LogP contribution in [-0.4, -0.2) is 25.0 Å². The van der Waals surface area contributed by atoms with E-state index in [-0.39, 0.29) is 18.4 Å². The van der Waals surface area contributed by atoms with Crippen molar-refractivity contribution in [1.29, 1.82) is 0 Å². The number of hydrogen-bond acceptors (Lipinski definition) is 3. The quantitative estimate of drug-likeness (QED) is 0.566. The van der Waals surface area contributed by atoms with Crippen LogP contribution in [0.15, 0.2) is 36.9 Å². The maximum Gasteiger partial charge on any atom is 0.250 e. The van der Waals surface area contributed by atoms with Gasteiger partial charge in [0.15, 0.2) is 0 Å². The fraction of sp³-hybridized carbons (Fsp3) is 0.333. The summed E-state index contributed by atoms with van der Waals surface area (Å²) in [5.41, 5.74) is 1.28. The molecule has 5 nitrogen and oxygen atoms in total. The molecule has 0 saturated heterocycles. The lowest BCUT2D eigenvalue weighted by molar-refractivity contribution is -0.120. The highest BCUT2D eigenvalue weighted by atomic mass is 16.5. The van der Waals surface area contributed by atoms with E-state index < -0.39 is 0 Å². The lowest BCUT2D eigenvalue weighted by Gasteiger charge is -2.08. The van der Waals surface area contributed by atoms with Gasteiger partial charge >= 0.3 is 0 Å². The fourth-order valence-corrected chi connectivity index (χ4v) is 1.45. The number of nitrogens with one attached hydrogen (secondary N) is 2. The second-order valence-corrected chi connectivity index (χ2v) is 4.16. The van der Waals surface area contributed by atoms with E-state index in [1.54, 1.807) is 37.3 Å². The molecule has 0 heterocycles. The number of benzene rings is 1. The molecule has 0 aliphatic carbocycles. The van der Waals surface area contributed by atoms with E-state index in [2.05, 4.69) is 17.2 Å². The smallest absolute Gasteiger partial charge is 0.250 e. The third-order valence-electron chi connectivity index (χ3n) is 2.45. The van der Waals surface area contributed by atoms with E-state index in [9.17, 15) is 9.59 Å². The monoisotopic (exact) mass is 276 g/mol. The molecule has 108 valence electrons. The molecule has 0 aliphatic rings. The Hall–Kier alpha value is -2.14. The molecule has 1 rings (SSSR count). The van der Waals surface area contributed by atoms with Gasteiger partial charge in [-0.05, 0) is 24.6 Å². The third kappa shape index (κ3) is 6.15. The van der Waals surface area contributed by atoms with Gasteiger partial charge in [-0.25, -0.2) is 0 Å². The normalized spacial score (nSPS) is 9.85. The Bertz CT molecular complexity index is 472. The first kappa shape index (κ1) is 15.9. The summed E-state index contributed by atoms with van der Waals surface area (Å²) < 4.78 is 5.17. The zero-order chi connectivity index (χ0) is 14.8. The fourth-order valence-electron chi connectivity index (χ4n) is 1.45. The predicted molar refractivity (Wildman–Crippen MR) is 79.6 cm³/mol. The zero-order valence-electron chi connectivity index (χ0n) is 11.6. The Morgan fingerprint density at radius 2 is 1.90 bits per heavy atom. The minimum absolute atomic E-state index is 0.000608. The number of anilines is 2. The molecular weight excluding hydrogens is 256 g/mol. The Morgan fingerprint density at radius 3 is 2.50 bits per heavy atom. The van der Waals surface area contributed by atoms with Gasteiger partial charge < -0.3 is 15.4 Å². The highest BCUT2D eigenvalue weighted by molar-refractivity contribution is 5.94. The van der Waals surface area contributed by atoms with Crippen molar-refractivity contribution in [3.63, 3.8) is 0 Å². The van der Waals surface area contributed by atoms with Gasteiger partial charge in [-0.1, -0.05) is 19.1 Å². The summed E-state index contributed by atoms with van der Waals surface area (Å²) in [6, 6.07) is 6.99. The standard InChI is InChI=1S/C15H20N2O3/c1-3-5-9-20-11-15(19)17-13-8-6-7-12(10-13)16-14(18)4-2/h3,6-8,10H,1,4-5,9,11H2,2H3,(H,16,18)(H,17,19). The van der Waals surface area contributed by atoms with Crippen LogP contribution in [0, 0.1) is 0 Å². The van der Waals surface area contributed by atoms with Crippen molar-refractivity contribution < 1.29 is 14.3 Å². The molecule has 0 aliphatic heterocycles. The molecule has 0 fully saturated rings. The van der Waals surface area contributed by atoms with Crippen molar-refractivity contribution >= 4 is 23.2 Å². The van der Waals surface area contributed by atoms with Crippen molar-refractivity contribution in [1.82, 2.24) is 0 Å². The summed E-state index contributed by atoms with van der Waals surface area (Å²) in [5, 5.41) is 5.44. The molecule has 0 unspecified atom stereocenters. The number of amides is 2. The number of hydrogen-bond donors (Lipinski definition) is 2. The first-order valence-corrected chi connectivity index (χ1v) is 6.54. The van der Waals surface area contributed by atoms with Crippen LogP contribution >= 0.6 is 0 Å². The average Bonchev–Trinajstić information content (AvgIpc) is 2.44. The van der Waals surface area contributed by atoms with Crippen LogP contribution in [0.3, 0.4) is 0 Å². The van der Waals surface area contributed by atoms with Gasteiger partial charge in [0.1, 0.15) is 6.61 Å². The first-order chi connectivity index (χ1) is 9.65. The van der Waals surface area contributed by atoms with Crippen molar-refractivity contribution in [3.8, 4) is 0 Å². The minimum Gasteiger partial charge on any atom is -0.371 e. The Morgan fingerprint density at radius 1 is 1.25 bits per heavy atom. The molecule has 1 aromatic rings. The van der Waals surface area contributed by atoms with Gasteiger partial charge in [0, 0.05) is 17.8 Å². The molecule has 0 spiro atoms. The lowest BCUT2D eigenvalue weighted by Crippen LogP contribution is -2.18. The van der Waals surface area contributed by atoms with E-state index >= 15 is 0 Å². The summed E-state index contributed by atoms with van der Waals surface area (Å²) in [7, 11) is 0. The van der Waals surface area contributed by atoms with E-state index in [1.165, 1.54) is 0 Å². The number of rotatable bonds is 8. The molecule has 0 saturated carbocycles. The van der Waals surface area contributed by atoms with Crippen molar-refractivity contribution in [3.05, 3.63) is 36.9 Å². The van der Waals surface area contributed by atoms with Crippen LogP contribution in [-0.2, 0) is 14.3 Å². The molecule has 0 atom stereocenters. The predicted octanol–water partition coefficient (Wildman–Crippen LogP) is 2.57. The van der Waals surface area contributed by atoms with Crippen molar-refractivity contribution in [2.45, 2.75) is 19.8 Å². The SMILES string of the molecule is C=CCCOCC(=O)Nc1cccc(NC(=O)CC)c1.